The number of halogens is 2. The molecule has 2 atom stereocenters. The van der Waals surface area contributed by atoms with Gasteiger partial charge in [-0.2, -0.15) is 22.2 Å². The lowest BCUT2D eigenvalue weighted by atomic mass is 10.4. The molecule has 0 N–H and O–H groups in total. The quantitative estimate of drug-likeness (QED) is 0.288. The third-order valence-corrected chi connectivity index (χ3v) is 12.7. The van der Waals surface area contributed by atoms with Crippen molar-refractivity contribution in [3.63, 3.8) is 0 Å². The summed E-state index contributed by atoms with van der Waals surface area (Å²) < 4.78 is 0. The van der Waals surface area contributed by atoms with Crippen molar-refractivity contribution in [3.05, 3.63) is 0 Å². The standard InChI is InChI=1S/C14H28Cl2Si2/c1-5-9-11-17(15,7-3)13-14-18(16,8-4)12-10-6-2/h5-12H2,1-4H3. The van der Waals surface area contributed by atoms with E-state index in [9.17, 15) is 0 Å². The van der Waals surface area contributed by atoms with E-state index in [1.165, 1.54) is 25.7 Å². The smallest absolute Gasteiger partial charge is 0.150 e. The van der Waals surface area contributed by atoms with Crippen LogP contribution in [0.4, 0.5) is 0 Å². The van der Waals surface area contributed by atoms with Crippen LogP contribution in [0.2, 0.25) is 24.2 Å². The van der Waals surface area contributed by atoms with Crippen LogP contribution in [0.15, 0.2) is 0 Å². The first-order chi connectivity index (χ1) is 8.45. The van der Waals surface area contributed by atoms with Gasteiger partial charge >= 0.3 is 0 Å². The molecule has 0 aliphatic carbocycles. The molecule has 0 saturated carbocycles. The molecule has 0 aliphatic rings. The third-order valence-electron chi connectivity index (χ3n) is 3.48. The Morgan fingerprint density at radius 2 is 1.06 bits per heavy atom. The molecule has 0 nitrogen and oxygen atoms in total. The molecule has 0 rings (SSSR count). The largest absolute Gasteiger partial charge is 0.233 e. The number of unbranched alkanes of at least 4 members (excludes halogenated alkanes) is 2. The Balaban J connectivity index is 4.73. The molecule has 0 aromatic carbocycles. The van der Waals surface area contributed by atoms with Crippen LogP contribution in [0.1, 0.15) is 53.4 Å². The highest BCUT2D eigenvalue weighted by atomic mass is 35.6. The molecule has 0 spiro atoms. The molecule has 0 aromatic rings. The van der Waals surface area contributed by atoms with Crippen molar-refractivity contribution in [2.45, 2.75) is 77.6 Å². The van der Waals surface area contributed by atoms with Crippen LogP contribution >= 0.6 is 22.2 Å². The molecule has 0 fully saturated rings. The number of hydrogen-bond donors (Lipinski definition) is 0. The average Bonchev–Trinajstić information content (AvgIpc) is 2.40. The molecule has 0 radical (unpaired) electrons. The van der Waals surface area contributed by atoms with Crippen LogP contribution in [0, 0.1) is 11.1 Å². The van der Waals surface area contributed by atoms with E-state index < -0.39 is 14.8 Å². The molecular weight excluding hydrogens is 295 g/mol. The van der Waals surface area contributed by atoms with Gasteiger partial charge in [0.1, 0.15) is 0 Å². The summed E-state index contributed by atoms with van der Waals surface area (Å²) in [5, 5.41) is 0. The van der Waals surface area contributed by atoms with Crippen molar-refractivity contribution >= 4 is 36.9 Å². The van der Waals surface area contributed by atoms with Crippen molar-refractivity contribution in [2.24, 2.45) is 0 Å². The molecule has 0 aromatic heterocycles. The van der Waals surface area contributed by atoms with Gasteiger partial charge < -0.3 is 0 Å². The first kappa shape index (κ1) is 18.6. The maximum Gasteiger partial charge on any atom is 0.233 e. The van der Waals surface area contributed by atoms with Gasteiger partial charge in [-0.1, -0.05) is 53.4 Å². The predicted molar refractivity (Wildman–Crippen MR) is 91.4 cm³/mol. The topological polar surface area (TPSA) is 0 Å². The Morgan fingerprint density at radius 1 is 0.722 bits per heavy atom. The summed E-state index contributed by atoms with van der Waals surface area (Å²) in [4.78, 5) is 0. The van der Waals surface area contributed by atoms with Crippen LogP contribution in [-0.2, 0) is 0 Å². The lowest BCUT2D eigenvalue weighted by Gasteiger charge is -2.19. The Kier molecular flexibility index (Phi) is 9.78. The van der Waals surface area contributed by atoms with Gasteiger partial charge in [-0.3, -0.25) is 0 Å². The van der Waals surface area contributed by atoms with Crippen molar-refractivity contribution in [3.8, 4) is 11.1 Å². The fourth-order valence-corrected chi connectivity index (χ4v) is 8.38. The van der Waals surface area contributed by atoms with Crippen molar-refractivity contribution < 1.29 is 0 Å². The van der Waals surface area contributed by atoms with Crippen molar-refractivity contribution in [1.29, 1.82) is 0 Å². The predicted octanol–water partition coefficient (Wildman–Crippen LogP) is 6.08. The second kappa shape index (κ2) is 9.47. The number of rotatable bonds is 8. The fraction of sp³-hybridized carbons (Fsp3) is 0.857. The molecule has 0 saturated heterocycles. The van der Waals surface area contributed by atoms with Gasteiger partial charge in [-0.05, 0) is 24.2 Å². The van der Waals surface area contributed by atoms with E-state index in [1.807, 2.05) is 0 Å². The second-order valence-electron chi connectivity index (χ2n) is 5.09. The molecule has 106 valence electrons. The highest BCUT2D eigenvalue weighted by Gasteiger charge is 2.29. The van der Waals surface area contributed by atoms with Crippen LogP contribution in [0.5, 0.6) is 0 Å². The van der Waals surface area contributed by atoms with Gasteiger partial charge in [0.2, 0.25) is 14.8 Å². The zero-order chi connectivity index (χ0) is 14.1. The summed E-state index contributed by atoms with van der Waals surface area (Å²) in [6.07, 6.45) is 4.82. The molecular formula is C14H28Cl2Si2. The molecule has 4 heteroatoms. The summed E-state index contributed by atoms with van der Waals surface area (Å²) in [6.45, 7) is 8.78. The SMILES string of the molecule is CCCC[Si](Cl)(C#C[Si](Cl)(CC)CCCC)CC. The van der Waals surface area contributed by atoms with Gasteiger partial charge in [-0.15, -0.1) is 11.1 Å². The lowest BCUT2D eigenvalue weighted by Crippen LogP contribution is -2.28. The Labute approximate surface area is 125 Å². The van der Waals surface area contributed by atoms with Gasteiger partial charge in [0.15, 0.2) is 0 Å². The van der Waals surface area contributed by atoms with E-state index in [2.05, 4.69) is 38.8 Å². The Bertz CT molecular complexity index is 259. The van der Waals surface area contributed by atoms with E-state index in [1.54, 1.807) is 0 Å². The van der Waals surface area contributed by atoms with Crippen LogP contribution in [0.3, 0.4) is 0 Å². The van der Waals surface area contributed by atoms with Gasteiger partial charge in [0, 0.05) is 0 Å². The second-order valence-corrected chi connectivity index (χ2v) is 16.2. The van der Waals surface area contributed by atoms with Crippen molar-refractivity contribution in [1.82, 2.24) is 0 Å². The minimum atomic E-state index is -1.85. The number of hydrogen-bond acceptors (Lipinski definition) is 0. The fourth-order valence-electron chi connectivity index (χ4n) is 1.79. The minimum Gasteiger partial charge on any atom is -0.150 e. The monoisotopic (exact) mass is 322 g/mol. The first-order valence-corrected chi connectivity index (χ1v) is 14.2. The van der Waals surface area contributed by atoms with Gasteiger partial charge in [0.25, 0.3) is 0 Å². The summed E-state index contributed by atoms with van der Waals surface area (Å²) in [6, 6.07) is 4.32. The normalized spacial score (nSPS) is 17.4. The third kappa shape index (κ3) is 7.23. The van der Waals surface area contributed by atoms with Gasteiger partial charge in [0.05, 0.1) is 0 Å². The summed E-state index contributed by atoms with van der Waals surface area (Å²) in [7, 11) is -3.70. The zero-order valence-electron chi connectivity index (χ0n) is 12.4. The lowest BCUT2D eigenvalue weighted by molar-refractivity contribution is 0.871. The molecule has 18 heavy (non-hydrogen) atoms. The first-order valence-electron chi connectivity index (χ1n) is 7.37. The molecule has 0 bridgehead atoms. The summed E-state index contributed by atoms with van der Waals surface area (Å²) in [5.74, 6) is 0. The maximum atomic E-state index is 6.73. The summed E-state index contributed by atoms with van der Waals surface area (Å²) >= 11 is 13.5. The van der Waals surface area contributed by atoms with E-state index in [0.717, 1.165) is 24.2 Å². The van der Waals surface area contributed by atoms with E-state index >= 15 is 0 Å². The van der Waals surface area contributed by atoms with E-state index in [0.29, 0.717) is 0 Å². The molecule has 2 unspecified atom stereocenters. The zero-order valence-corrected chi connectivity index (χ0v) is 15.9. The van der Waals surface area contributed by atoms with Crippen LogP contribution in [-0.4, -0.2) is 14.8 Å². The van der Waals surface area contributed by atoms with E-state index in [4.69, 9.17) is 22.2 Å². The van der Waals surface area contributed by atoms with E-state index in [-0.39, 0.29) is 0 Å². The van der Waals surface area contributed by atoms with Gasteiger partial charge in [-0.25, -0.2) is 0 Å². The Hall–Kier alpha value is 0.574. The molecule has 0 amide bonds. The summed E-state index contributed by atoms with van der Waals surface area (Å²) in [5.41, 5.74) is 6.93. The van der Waals surface area contributed by atoms with Crippen molar-refractivity contribution in [2.75, 3.05) is 0 Å². The molecule has 0 aliphatic heterocycles. The maximum absolute atomic E-state index is 6.73. The minimum absolute atomic E-state index is 1.04. The molecule has 0 heterocycles. The highest BCUT2D eigenvalue weighted by Crippen LogP contribution is 2.26. The Morgan fingerprint density at radius 3 is 1.28 bits per heavy atom. The van der Waals surface area contributed by atoms with Crippen LogP contribution in [0.25, 0.3) is 0 Å². The van der Waals surface area contributed by atoms with Crippen LogP contribution < -0.4 is 0 Å². The highest BCUT2D eigenvalue weighted by molar-refractivity contribution is 7.28. The average molecular weight is 323 g/mol.